The summed E-state index contributed by atoms with van der Waals surface area (Å²) in [5.74, 6) is 1.64. The Kier molecular flexibility index (Phi) is 7.06. The Morgan fingerprint density at radius 2 is 1.65 bits per heavy atom. The fraction of sp³-hybridized carbons (Fsp3) is 0.300. The Morgan fingerprint density at radius 3 is 2.27 bits per heavy atom. The molecule has 4 nitrogen and oxygen atoms in total. The summed E-state index contributed by atoms with van der Waals surface area (Å²) < 4.78 is 12.2. The van der Waals surface area contributed by atoms with Gasteiger partial charge in [-0.1, -0.05) is 25.1 Å². The highest BCUT2D eigenvalue weighted by molar-refractivity contribution is 14.1. The highest BCUT2D eigenvalue weighted by Gasteiger charge is 2.26. The van der Waals surface area contributed by atoms with E-state index in [1.165, 1.54) is 5.56 Å². The molecule has 1 aliphatic heterocycles. The Hall–Kier alpha value is -1.60. The largest absolute Gasteiger partial charge is 0.493 e. The van der Waals surface area contributed by atoms with Gasteiger partial charge in [-0.05, 0) is 59.7 Å². The van der Waals surface area contributed by atoms with Crippen LogP contribution >= 0.6 is 35.0 Å². The zero-order valence-electron chi connectivity index (χ0n) is 15.2. The fourth-order valence-corrected chi connectivity index (χ4v) is 3.88. The van der Waals surface area contributed by atoms with E-state index in [0.29, 0.717) is 5.75 Å². The van der Waals surface area contributed by atoms with Gasteiger partial charge < -0.3 is 9.47 Å². The minimum Gasteiger partial charge on any atom is -0.493 e. The van der Waals surface area contributed by atoms with E-state index in [1.54, 1.807) is 14.2 Å². The summed E-state index contributed by atoms with van der Waals surface area (Å²) in [6.45, 7) is 4.21. The molecule has 0 N–H and O–H groups in total. The first kappa shape index (κ1) is 20.7. The van der Waals surface area contributed by atoms with E-state index in [2.05, 4.69) is 57.9 Å². The molecule has 1 unspecified atom stereocenters. The maximum atomic E-state index is 5.53. The zero-order chi connectivity index (χ0) is 18.0. The van der Waals surface area contributed by atoms with Crippen molar-refractivity contribution in [3.8, 4) is 11.5 Å². The van der Waals surface area contributed by atoms with Crippen LogP contribution < -0.4 is 9.47 Å². The average molecular weight is 485 g/mol. The molecule has 0 radical (unpaired) electrons. The third-order valence-electron chi connectivity index (χ3n) is 4.54. The maximum Gasteiger partial charge on any atom is 0.161 e. The second-order valence-electron chi connectivity index (χ2n) is 5.93. The summed E-state index contributed by atoms with van der Waals surface area (Å²) in [7, 11) is 3.32. The van der Waals surface area contributed by atoms with Gasteiger partial charge in [0.05, 0.1) is 14.2 Å². The van der Waals surface area contributed by atoms with Crippen molar-refractivity contribution < 1.29 is 9.47 Å². The lowest BCUT2D eigenvalue weighted by Gasteiger charge is -2.20. The molecule has 0 saturated heterocycles. The Bertz CT molecular complexity index is 865. The first-order chi connectivity index (χ1) is 12.1. The normalized spacial score (nSPS) is 15.8. The quantitative estimate of drug-likeness (QED) is 0.542. The molecule has 0 amide bonds. The summed E-state index contributed by atoms with van der Waals surface area (Å²) in [6.07, 6.45) is 0.951. The number of benzene rings is 2. The molecule has 1 heterocycles. The van der Waals surface area contributed by atoms with Crippen molar-refractivity contribution in [1.29, 1.82) is 0 Å². The van der Waals surface area contributed by atoms with Crippen molar-refractivity contribution in [1.82, 2.24) is 0 Å². The van der Waals surface area contributed by atoms with E-state index >= 15 is 0 Å². The third kappa shape index (κ3) is 3.74. The van der Waals surface area contributed by atoms with Crippen LogP contribution in [0.2, 0.25) is 0 Å². The van der Waals surface area contributed by atoms with Crippen LogP contribution in [0.15, 0.2) is 46.6 Å². The van der Waals surface area contributed by atoms with E-state index in [-0.39, 0.29) is 18.3 Å². The summed E-state index contributed by atoms with van der Waals surface area (Å²) in [4.78, 5) is 0. The minimum absolute atomic E-state index is 0. The smallest absolute Gasteiger partial charge is 0.161 e. The van der Waals surface area contributed by atoms with E-state index in [1.807, 2.05) is 25.1 Å². The number of nitrogens with zero attached hydrogens (tertiary/aromatic N) is 2. The zero-order valence-corrected chi connectivity index (χ0v) is 18.2. The van der Waals surface area contributed by atoms with Crippen molar-refractivity contribution in [2.24, 2.45) is 10.2 Å². The molecule has 0 saturated carbocycles. The molecular weight excluding hydrogens is 463 g/mol. The molecule has 0 aliphatic carbocycles. The highest BCUT2D eigenvalue weighted by Crippen LogP contribution is 2.38. The van der Waals surface area contributed by atoms with Gasteiger partial charge in [-0.3, -0.25) is 0 Å². The minimum atomic E-state index is 0. The van der Waals surface area contributed by atoms with Crippen LogP contribution in [0.4, 0.5) is 0 Å². The molecule has 3 rings (SSSR count). The summed E-state index contributed by atoms with van der Waals surface area (Å²) in [5, 5.41) is 9.13. The van der Waals surface area contributed by atoms with Crippen LogP contribution in [0.3, 0.4) is 0 Å². The van der Waals surface area contributed by atoms with E-state index in [0.717, 1.165) is 38.3 Å². The van der Waals surface area contributed by atoms with Crippen LogP contribution in [0.1, 0.15) is 42.9 Å². The first-order valence-corrected chi connectivity index (χ1v) is 9.31. The van der Waals surface area contributed by atoms with Crippen LogP contribution in [-0.4, -0.2) is 25.6 Å². The molecule has 6 heteroatoms. The number of hydrogen-bond donors (Lipinski definition) is 0. The topological polar surface area (TPSA) is 43.2 Å². The molecule has 0 bridgehead atoms. The van der Waals surface area contributed by atoms with Gasteiger partial charge >= 0.3 is 0 Å². The summed E-state index contributed by atoms with van der Waals surface area (Å²) in [6, 6.07) is 12.3. The monoisotopic (exact) mass is 484 g/mol. The van der Waals surface area contributed by atoms with Gasteiger partial charge in [-0.2, -0.15) is 5.10 Å². The van der Waals surface area contributed by atoms with Crippen molar-refractivity contribution in [2.75, 3.05) is 14.2 Å². The lowest BCUT2D eigenvalue weighted by atomic mass is 9.86. The van der Waals surface area contributed by atoms with Crippen LogP contribution in [0, 0.1) is 3.57 Å². The number of rotatable bonds is 4. The average Bonchev–Trinajstić information content (AvgIpc) is 2.76. The lowest BCUT2D eigenvalue weighted by molar-refractivity contribution is 0.354. The molecule has 1 atom stereocenters. The number of fused-ring (bicyclic) bond motifs is 1. The Balaban J connectivity index is 0.00000243. The first-order valence-electron chi connectivity index (χ1n) is 8.24. The number of ether oxygens (including phenoxy) is 2. The molecule has 26 heavy (non-hydrogen) atoms. The molecule has 0 spiro atoms. The number of halogens is 2. The predicted molar refractivity (Wildman–Crippen MR) is 118 cm³/mol. The standard InChI is InChI=1S/C20H21IN2O2.ClH/c1-5-13-12(2)22-23-20(14-8-6-7-9-17(14)21)16-11-19(25-4)18(24-3)10-15(13)16;/h6-11,13H,5H2,1-4H3;1H. The van der Waals surface area contributed by atoms with Crippen molar-refractivity contribution in [3.63, 3.8) is 0 Å². The highest BCUT2D eigenvalue weighted by atomic mass is 127. The Labute approximate surface area is 174 Å². The predicted octanol–water partition coefficient (Wildman–Crippen LogP) is 5.45. The Morgan fingerprint density at radius 1 is 1.00 bits per heavy atom. The summed E-state index contributed by atoms with van der Waals surface area (Å²) in [5.41, 5.74) is 5.18. The van der Waals surface area contributed by atoms with Crippen molar-refractivity contribution in [3.05, 3.63) is 56.7 Å². The third-order valence-corrected chi connectivity index (χ3v) is 5.48. The van der Waals surface area contributed by atoms with Gasteiger partial charge in [0.15, 0.2) is 11.5 Å². The SMILES string of the molecule is CCC1C(C)=NN=C(c2ccccc2I)c2cc(OC)c(OC)cc21.Cl. The molecule has 2 aromatic rings. The molecule has 0 aromatic heterocycles. The van der Waals surface area contributed by atoms with Gasteiger partial charge in [0.1, 0.15) is 5.71 Å². The van der Waals surface area contributed by atoms with Crippen LogP contribution in [0.25, 0.3) is 0 Å². The maximum absolute atomic E-state index is 5.53. The second-order valence-corrected chi connectivity index (χ2v) is 7.09. The summed E-state index contributed by atoms with van der Waals surface area (Å²) >= 11 is 2.34. The second kappa shape index (κ2) is 8.86. The van der Waals surface area contributed by atoms with E-state index in [4.69, 9.17) is 9.47 Å². The van der Waals surface area contributed by atoms with Crippen LogP contribution in [0.5, 0.6) is 11.5 Å². The number of methoxy groups -OCH3 is 2. The van der Waals surface area contributed by atoms with Crippen LogP contribution in [-0.2, 0) is 0 Å². The number of hydrogen-bond acceptors (Lipinski definition) is 4. The van der Waals surface area contributed by atoms with Gasteiger partial charge in [0, 0.05) is 26.3 Å². The molecule has 138 valence electrons. The lowest BCUT2D eigenvalue weighted by Crippen LogP contribution is -2.13. The van der Waals surface area contributed by atoms with Gasteiger partial charge in [0.25, 0.3) is 0 Å². The van der Waals surface area contributed by atoms with E-state index in [9.17, 15) is 0 Å². The van der Waals surface area contributed by atoms with Crippen molar-refractivity contribution >= 4 is 46.4 Å². The van der Waals surface area contributed by atoms with Gasteiger partial charge in [0.2, 0.25) is 0 Å². The molecule has 1 aliphatic rings. The fourth-order valence-electron chi connectivity index (χ4n) is 3.23. The van der Waals surface area contributed by atoms with Crippen molar-refractivity contribution in [2.45, 2.75) is 26.2 Å². The van der Waals surface area contributed by atoms with E-state index < -0.39 is 0 Å². The van der Waals surface area contributed by atoms with Gasteiger partial charge in [-0.15, -0.1) is 17.5 Å². The molecule has 0 fully saturated rings. The van der Waals surface area contributed by atoms with Gasteiger partial charge in [-0.25, -0.2) is 0 Å². The molecular formula is C20H22ClIN2O2. The molecule has 2 aromatic carbocycles.